The van der Waals surface area contributed by atoms with Crippen LogP contribution in [0.1, 0.15) is 26.7 Å². The molecule has 2 N–H and O–H groups in total. The Hall–Kier alpha value is -0.560. The Morgan fingerprint density at radius 1 is 1.47 bits per heavy atom. The van der Waals surface area contributed by atoms with Crippen molar-refractivity contribution in [3.05, 3.63) is 0 Å². The maximum atomic E-state index is 12.7. The van der Waals surface area contributed by atoms with Gasteiger partial charge in [-0.2, -0.15) is 8.78 Å². The zero-order valence-corrected chi connectivity index (χ0v) is 11.6. The molecule has 1 heterocycles. The minimum Gasteiger partial charge on any atom is -0.349 e. The molecule has 0 aromatic carbocycles. The number of halogens is 5. The van der Waals surface area contributed by atoms with Gasteiger partial charge in [0.15, 0.2) is 0 Å². The molecule has 0 aliphatic carbocycles. The largest absolute Gasteiger partial charge is 0.383 e. The fraction of sp³-hybridized carbons (Fsp3) is 0.909. The molecule has 1 aliphatic heterocycles. The van der Waals surface area contributed by atoms with E-state index in [9.17, 15) is 22.4 Å². The van der Waals surface area contributed by atoms with Gasteiger partial charge in [-0.05, 0) is 24.8 Å². The van der Waals surface area contributed by atoms with E-state index >= 15 is 0 Å². The lowest BCUT2D eigenvalue weighted by Gasteiger charge is -2.39. The van der Waals surface area contributed by atoms with Gasteiger partial charge in [-0.3, -0.25) is 4.79 Å². The zero-order chi connectivity index (χ0) is 14.0. The molecular weight excluding hydrogens is 288 g/mol. The summed E-state index contributed by atoms with van der Waals surface area (Å²) < 4.78 is 49.3. The average Bonchev–Trinajstić information content (AvgIpc) is 2.26. The van der Waals surface area contributed by atoms with Crippen LogP contribution in [0, 0.1) is 5.41 Å². The maximum absolute atomic E-state index is 12.7. The maximum Gasteiger partial charge on any atom is 0.383 e. The number of nitrogens with one attached hydrogen (secondary N) is 2. The Bertz CT molecular complexity index is 313. The van der Waals surface area contributed by atoms with Gasteiger partial charge in [-0.25, -0.2) is 8.78 Å². The minimum atomic E-state index is -4.63. The van der Waals surface area contributed by atoms with E-state index in [0.717, 1.165) is 19.4 Å². The summed E-state index contributed by atoms with van der Waals surface area (Å²) in [5, 5.41) is 5.00. The van der Waals surface area contributed by atoms with Gasteiger partial charge in [0.25, 0.3) is 5.91 Å². The number of rotatable bonds is 4. The topological polar surface area (TPSA) is 41.1 Å². The number of alkyl halides is 4. The second kappa shape index (κ2) is 6.74. The van der Waals surface area contributed by atoms with Crippen LogP contribution in [0.15, 0.2) is 0 Å². The summed E-state index contributed by atoms with van der Waals surface area (Å²) >= 11 is 0. The fourth-order valence-electron chi connectivity index (χ4n) is 2.03. The van der Waals surface area contributed by atoms with Crippen LogP contribution in [0.25, 0.3) is 0 Å². The molecule has 114 valence electrons. The molecule has 0 bridgehead atoms. The highest BCUT2D eigenvalue weighted by molar-refractivity contribution is 5.85. The zero-order valence-electron chi connectivity index (χ0n) is 10.8. The number of hydrogen-bond acceptors (Lipinski definition) is 2. The van der Waals surface area contributed by atoms with E-state index in [2.05, 4.69) is 5.32 Å². The SMILES string of the molecule is CC1(C)CCCNC1CNC(=O)C(F)(F)C(F)F.Cl. The quantitative estimate of drug-likeness (QED) is 0.782. The van der Waals surface area contributed by atoms with Crippen LogP contribution in [0.3, 0.4) is 0 Å². The van der Waals surface area contributed by atoms with Crippen LogP contribution in [0.2, 0.25) is 0 Å². The second-order valence-corrected chi connectivity index (χ2v) is 5.23. The number of carbonyl (C=O) groups is 1. The molecule has 19 heavy (non-hydrogen) atoms. The van der Waals surface area contributed by atoms with Crippen molar-refractivity contribution in [2.24, 2.45) is 5.41 Å². The van der Waals surface area contributed by atoms with Gasteiger partial charge in [-0.1, -0.05) is 13.8 Å². The normalized spacial score (nSPS) is 22.8. The van der Waals surface area contributed by atoms with Gasteiger partial charge >= 0.3 is 12.3 Å². The van der Waals surface area contributed by atoms with Crippen LogP contribution in [-0.2, 0) is 4.79 Å². The number of hydrogen-bond donors (Lipinski definition) is 2. The number of carbonyl (C=O) groups excluding carboxylic acids is 1. The van der Waals surface area contributed by atoms with Gasteiger partial charge in [-0.15, -0.1) is 12.4 Å². The fourth-order valence-corrected chi connectivity index (χ4v) is 2.03. The lowest BCUT2D eigenvalue weighted by atomic mass is 9.77. The molecule has 3 nitrogen and oxygen atoms in total. The van der Waals surface area contributed by atoms with E-state index in [1.165, 1.54) is 0 Å². The van der Waals surface area contributed by atoms with E-state index < -0.39 is 18.3 Å². The molecule has 1 amide bonds. The van der Waals surface area contributed by atoms with Crippen molar-refractivity contribution >= 4 is 18.3 Å². The molecule has 0 spiro atoms. The summed E-state index contributed by atoms with van der Waals surface area (Å²) in [6, 6.07) is -0.191. The average molecular weight is 307 g/mol. The summed E-state index contributed by atoms with van der Waals surface area (Å²) in [6.07, 6.45) is -2.12. The molecule has 1 unspecified atom stereocenters. The van der Waals surface area contributed by atoms with Gasteiger partial charge < -0.3 is 10.6 Å². The first kappa shape index (κ1) is 18.4. The van der Waals surface area contributed by atoms with E-state index in [0.29, 0.717) is 0 Å². The third-order valence-electron chi connectivity index (χ3n) is 3.38. The third-order valence-corrected chi connectivity index (χ3v) is 3.38. The molecule has 0 radical (unpaired) electrons. The molecule has 1 aliphatic rings. The molecule has 0 aromatic rings. The molecule has 8 heteroatoms. The highest BCUT2D eigenvalue weighted by Crippen LogP contribution is 2.30. The summed E-state index contributed by atoms with van der Waals surface area (Å²) in [7, 11) is 0. The van der Waals surface area contributed by atoms with Gasteiger partial charge in [0, 0.05) is 12.6 Å². The van der Waals surface area contributed by atoms with Crippen LogP contribution in [0.4, 0.5) is 17.6 Å². The Kier molecular flexibility index (Phi) is 6.54. The smallest absolute Gasteiger partial charge is 0.349 e. The van der Waals surface area contributed by atoms with Crippen molar-refractivity contribution in [2.45, 2.75) is 45.1 Å². The lowest BCUT2D eigenvalue weighted by Crippen LogP contribution is -2.55. The van der Waals surface area contributed by atoms with Crippen molar-refractivity contribution in [3.63, 3.8) is 0 Å². The van der Waals surface area contributed by atoms with E-state index in [4.69, 9.17) is 0 Å². The summed E-state index contributed by atoms with van der Waals surface area (Å²) in [5.74, 6) is -6.54. The Morgan fingerprint density at radius 2 is 2.05 bits per heavy atom. The van der Waals surface area contributed by atoms with Crippen molar-refractivity contribution in [1.29, 1.82) is 0 Å². The molecule has 1 fully saturated rings. The van der Waals surface area contributed by atoms with Gasteiger partial charge in [0.05, 0.1) is 0 Å². The Balaban J connectivity index is 0.00000324. The first-order valence-electron chi connectivity index (χ1n) is 5.85. The van der Waals surface area contributed by atoms with Crippen LogP contribution in [0.5, 0.6) is 0 Å². The first-order valence-corrected chi connectivity index (χ1v) is 5.85. The Morgan fingerprint density at radius 3 is 2.53 bits per heavy atom. The third kappa shape index (κ3) is 4.49. The highest BCUT2D eigenvalue weighted by atomic mass is 35.5. The molecule has 1 saturated heterocycles. The van der Waals surface area contributed by atoms with Crippen molar-refractivity contribution < 1.29 is 22.4 Å². The summed E-state index contributed by atoms with van der Waals surface area (Å²) in [6.45, 7) is 4.55. The second-order valence-electron chi connectivity index (χ2n) is 5.23. The molecular formula is C11H19ClF4N2O. The predicted octanol–water partition coefficient (Wildman–Crippen LogP) is 2.20. The van der Waals surface area contributed by atoms with Gasteiger partial charge in [0.1, 0.15) is 0 Å². The van der Waals surface area contributed by atoms with Crippen molar-refractivity contribution in [1.82, 2.24) is 10.6 Å². The number of amides is 1. The number of piperidine rings is 1. The summed E-state index contributed by atoms with van der Waals surface area (Å²) in [4.78, 5) is 11.0. The van der Waals surface area contributed by atoms with Crippen LogP contribution >= 0.6 is 12.4 Å². The van der Waals surface area contributed by atoms with E-state index in [1.807, 2.05) is 19.2 Å². The molecule has 1 rings (SSSR count). The first-order chi connectivity index (χ1) is 8.18. The van der Waals surface area contributed by atoms with Crippen LogP contribution < -0.4 is 10.6 Å². The monoisotopic (exact) mass is 306 g/mol. The van der Waals surface area contributed by atoms with E-state index in [1.54, 1.807) is 0 Å². The lowest BCUT2D eigenvalue weighted by molar-refractivity contribution is -0.169. The predicted molar refractivity (Wildman–Crippen MR) is 66.0 cm³/mol. The molecule has 0 aromatic heterocycles. The van der Waals surface area contributed by atoms with Crippen molar-refractivity contribution in [2.75, 3.05) is 13.1 Å². The highest BCUT2D eigenvalue weighted by Gasteiger charge is 2.49. The minimum absolute atomic E-state index is 0. The van der Waals surface area contributed by atoms with Gasteiger partial charge in [0.2, 0.25) is 0 Å². The van der Waals surface area contributed by atoms with Crippen LogP contribution in [-0.4, -0.2) is 37.4 Å². The summed E-state index contributed by atoms with van der Waals surface area (Å²) in [5.41, 5.74) is -0.161. The van der Waals surface area contributed by atoms with Crippen molar-refractivity contribution in [3.8, 4) is 0 Å². The molecule has 0 saturated carbocycles. The standard InChI is InChI=1S/C11H18F4N2O.ClH/c1-10(2)4-3-5-16-7(10)6-17-9(18)11(14,15)8(12)13;/h7-8,16H,3-6H2,1-2H3,(H,17,18);1H. The Labute approximate surface area is 115 Å². The van der Waals surface area contributed by atoms with E-state index in [-0.39, 0.29) is 30.4 Å². The molecule has 1 atom stereocenters.